The third-order valence-electron chi connectivity index (χ3n) is 1.54. The Morgan fingerprint density at radius 3 is 2.09 bits per heavy atom. The van der Waals surface area contributed by atoms with Crippen LogP contribution in [0.15, 0.2) is 0 Å². The fourth-order valence-electron chi connectivity index (χ4n) is 0.744. The summed E-state index contributed by atoms with van der Waals surface area (Å²) in [4.78, 5) is 9.50. The van der Waals surface area contributed by atoms with E-state index < -0.39 is 23.7 Å². The molecule has 0 aliphatic rings. The second-order valence-electron chi connectivity index (χ2n) is 2.77. The molecular weight excluding hydrogens is 150 g/mol. The van der Waals surface area contributed by atoms with Gasteiger partial charge >= 0.3 is 0 Å². The van der Waals surface area contributed by atoms with Crippen LogP contribution >= 0.6 is 0 Å². The SMILES string of the molecule is CC(C)C(O)C(CO)[N+](=O)[O-]. The van der Waals surface area contributed by atoms with Crippen LogP contribution in [0, 0.1) is 16.0 Å². The average molecular weight is 163 g/mol. The second-order valence-corrected chi connectivity index (χ2v) is 2.77. The van der Waals surface area contributed by atoms with Gasteiger partial charge in [0.2, 0.25) is 0 Å². The molecule has 11 heavy (non-hydrogen) atoms. The molecule has 0 aromatic carbocycles. The summed E-state index contributed by atoms with van der Waals surface area (Å²) >= 11 is 0. The molecule has 0 heterocycles. The summed E-state index contributed by atoms with van der Waals surface area (Å²) in [5.74, 6) is -0.211. The molecule has 0 saturated heterocycles. The maximum absolute atomic E-state index is 10.2. The van der Waals surface area contributed by atoms with Crippen molar-refractivity contribution in [2.24, 2.45) is 5.92 Å². The molecule has 0 aliphatic carbocycles. The minimum atomic E-state index is -1.25. The van der Waals surface area contributed by atoms with Crippen molar-refractivity contribution in [2.45, 2.75) is 26.0 Å². The molecule has 2 unspecified atom stereocenters. The van der Waals surface area contributed by atoms with Crippen LogP contribution in [-0.4, -0.2) is 33.9 Å². The lowest BCUT2D eigenvalue weighted by atomic mass is 10.0. The van der Waals surface area contributed by atoms with Gasteiger partial charge in [-0.25, -0.2) is 0 Å². The Bertz CT molecular complexity index is 137. The van der Waals surface area contributed by atoms with Crippen LogP contribution in [0.25, 0.3) is 0 Å². The lowest BCUT2D eigenvalue weighted by Crippen LogP contribution is -2.39. The minimum absolute atomic E-state index is 0.211. The van der Waals surface area contributed by atoms with E-state index in [9.17, 15) is 10.1 Å². The van der Waals surface area contributed by atoms with E-state index in [0.717, 1.165) is 0 Å². The van der Waals surface area contributed by atoms with E-state index >= 15 is 0 Å². The quantitative estimate of drug-likeness (QED) is 0.438. The predicted molar refractivity (Wildman–Crippen MR) is 38.7 cm³/mol. The Labute approximate surface area is 64.8 Å². The first-order valence-electron chi connectivity index (χ1n) is 3.43. The van der Waals surface area contributed by atoms with Crippen molar-refractivity contribution >= 4 is 0 Å². The molecule has 0 aromatic rings. The van der Waals surface area contributed by atoms with E-state index in [0.29, 0.717) is 0 Å². The second kappa shape index (κ2) is 4.25. The fourth-order valence-corrected chi connectivity index (χ4v) is 0.744. The number of nitrogens with zero attached hydrogens (tertiary/aromatic N) is 1. The van der Waals surface area contributed by atoms with Crippen LogP contribution in [0.4, 0.5) is 0 Å². The highest BCUT2D eigenvalue weighted by atomic mass is 16.6. The van der Waals surface area contributed by atoms with Crippen molar-refractivity contribution in [3.05, 3.63) is 10.1 Å². The zero-order valence-corrected chi connectivity index (χ0v) is 6.60. The van der Waals surface area contributed by atoms with Crippen LogP contribution in [0.5, 0.6) is 0 Å². The fraction of sp³-hybridized carbons (Fsp3) is 1.00. The summed E-state index contributed by atoms with van der Waals surface area (Å²) in [5.41, 5.74) is 0. The number of aliphatic hydroxyl groups is 2. The zero-order valence-electron chi connectivity index (χ0n) is 6.60. The molecule has 0 fully saturated rings. The van der Waals surface area contributed by atoms with Crippen LogP contribution in [-0.2, 0) is 0 Å². The molecule has 0 saturated carbocycles. The summed E-state index contributed by atoms with van der Waals surface area (Å²) < 4.78 is 0. The van der Waals surface area contributed by atoms with Crippen LogP contribution in [0.2, 0.25) is 0 Å². The van der Waals surface area contributed by atoms with E-state index in [1.54, 1.807) is 13.8 Å². The monoisotopic (exact) mass is 163 g/mol. The Morgan fingerprint density at radius 2 is 2.00 bits per heavy atom. The van der Waals surface area contributed by atoms with Crippen molar-refractivity contribution < 1.29 is 15.1 Å². The van der Waals surface area contributed by atoms with Crippen molar-refractivity contribution in [1.29, 1.82) is 0 Å². The summed E-state index contributed by atoms with van der Waals surface area (Å²) in [6, 6.07) is -1.25. The Morgan fingerprint density at radius 1 is 1.55 bits per heavy atom. The molecule has 5 nitrogen and oxygen atoms in total. The first-order valence-corrected chi connectivity index (χ1v) is 3.43. The first kappa shape index (κ1) is 10.3. The maximum Gasteiger partial charge on any atom is 0.261 e. The molecule has 2 atom stereocenters. The van der Waals surface area contributed by atoms with E-state index in [1.165, 1.54) is 0 Å². The van der Waals surface area contributed by atoms with Gasteiger partial charge in [0.15, 0.2) is 0 Å². The summed E-state index contributed by atoms with van der Waals surface area (Å²) in [7, 11) is 0. The highest BCUT2D eigenvalue weighted by molar-refractivity contribution is 4.69. The Hall–Kier alpha value is -0.680. The maximum atomic E-state index is 10.2. The largest absolute Gasteiger partial charge is 0.389 e. The first-order chi connectivity index (χ1) is 5.00. The molecule has 0 bridgehead atoms. The normalized spacial score (nSPS) is 16.5. The van der Waals surface area contributed by atoms with Gasteiger partial charge in [0, 0.05) is 4.92 Å². The van der Waals surface area contributed by atoms with Gasteiger partial charge in [0.25, 0.3) is 6.04 Å². The van der Waals surface area contributed by atoms with Gasteiger partial charge in [-0.3, -0.25) is 10.1 Å². The minimum Gasteiger partial charge on any atom is -0.389 e. The Kier molecular flexibility index (Phi) is 3.99. The van der Waals surface area contributed by atoms with E-state index in [1.807, 2.05) is 0 Å². The number of hydrogen-bond donors (Lipinski definition) is 2. The summed E-state index contributed by atoms with van der Waals surface area (Å²) in [6.07, 6.45) is -1.07. The summed E-state index contributed by atoms with van der Waals surface area (Å²) in [6.45, 7) is 2.71. The van der Waals surface area contributed by atoms with Crippen LogP contribution in [0.1, 0.15) is 13.8 Å². The van der Waals surface area contributed by atoms with E-state index in [2.05, 4.69) is 0 Å². The topological polar surface area (TPSA) is 83.6 Å². The number of hydrogen-bond acceptors (Lipinski definition) is 4. The molecule has 0 amide bonds. The van der Waals surface area contributed by atoms with Crippen molar-refractivity contribution in [2.75, 3.05) is 6.61 Å². The van der Waals surface area contributed by atoms with E-state index in [4.69, 9.17) is 10.2 Å². The standard InChI is InChI=1S/C6H13NO4/c1-4(2)6(9)5(3-8)7(10)11/h4-6,8-9H,3H2,1-2H3. The number of rotatable bonds is 4. The molecule has 2 N–H and O–H groups in total. The van der Waals surface area contributed by atoms with E-state index in [-0.39, 0.29) is 5.92 Å². The van der Waals surface area contributed by atoms with Gasteiger partial charge in [0.1, 0.15) is 12.7 Å². The average Bonchev–Trinajstić information content (AvgIpc) is 1.88. The molecule has 5 heteroatoms. The van der Waals surface area contributed by atoms with Gasteiger partial charge in [-0.2, -0.15) is 0 Å². The number of nitro groups is 1. The molecule has 66 valence electrons. The molecule has 0 rings (SSSR count). The molecule has 0 spiro atoms. The molecule has 0 radical (unpaired) electrons. The highest BCUT2D eigenvalue weighted by Gasteiger charge is 2.30. The van der Waals surface area contributed by atoms with Gasteiger partial charge in [0.05, 0.1) is 0 Å². The van der Waals surface area contributed by atoms with Gasteiger partial charge in [-0.15, -0.1) is 0 Å². The third kappa shape index (κ3) is 2.81. The zero-order chi connectivity index (χ0) is 9.02. The number of aliphatic hydroxyl groups excluding tert-OH is 2. The van der Waals surface area contributed by atoms with Gasteiger partial charge < -0.3 is 10.2 Å². The Balaban J connectivity index is 4.14. The molecule has 0 aliphatic heterocycles. The summed E-state index contributed by atoms with van der Waals surface area (Å²) in [5, 5.41) is 27.8. The predicted octanol–water partition coefficient (Wildman–Crippen LogP) is -0.359. The highest BCUT2D eigenvalue weighted by Crippen LogP contribution is 2.07. The lowest BCUT2D eigenvalue weighted by Gasteiger charge is -2.16. The smallest absolute Gasteiger partial charge is 0.261 e. The van der Waals surface area contributed by atoms with Crippen molar-refractivity contribution in [1.82, 2.24) is 0 Å². The van der Waals surface area contributed by atoms with Crippen LogP contribution < -0.4 is 0 Å². The molecular formula is C6H13NO4. The molecule has 0 aromatic heterocycles. The lowest BCUT2D eigenvalue weighted by molar-refractivity contribution is -0.539. The van der Waals surface area contributed by atoms with Gasteiger partial charge in [-0.1, -0.05) is 13.8 Å². The van der Waals surface area contributed by atoms with Crippen LogP contribution in [0.3, 0.4) is 0 Å². The van der Waals surface area contributed by atoms with Crippen molar-refractivity contribution in [3.63, 3.8) is 0 Å². The van der Waals surface area contributed by atoms with Crippen molar-refractivity contribution in [3.8, 4) is 0 Å². The third-order valence-corrected chi connectivity index (χ3v) is 1.54. The van der Waals surface area contributed by atoms with Gasteiger partial charge in [-0.05, 0) is 5.92 Å².